The van der Waals surface area contributed by atoms with E-state index in [0.717, 1.165) is 152 Å². The third kappa shape index (κ3) is 9.25. The minimum atomic E-state index is -2.21. The summed E-state index contributed by atoms with van der Waals surface area (Å²) in [6.07, 6.45) is 33.4. The van der Waals surface area contributed by atoms with E-state index in [1.807, 2.05) is 26.2 Å². The van der Waals surface area contributed by atoms with Crippen LogP contribution in [0.3, 0.4) is 0 Å². The second kappa shape index (κ2) is 21.8. The summed E-state index contributed by atoms with van der Waals surface area (Å²) in [5.74, 6) is 0.813. The number of esters is 1. The zero-order valence-corrected chi connectivity index (χ0v) is 51.2. The first-order valence-electron chi connectivity index (χ1n) is 33.2. The highest BCUT2D eigenvalue weighted by Crippen LogP contribution is 2.66. The molecule has 6 aliphatic carbocycles. The molecule has 0 radical (unpaired) electrons. The zero-order chi connectivity index (χ0) is 58.7. The second-order valence-electron chi connectivity index (χ2n) is 29.0. The summed E-state index contributed by atoms with van der Waals surface area (Å²) >= 11 is 0. The first kappa shape index (κ1) is 57.4. The summed E-state index contributed by atoms with van der Waals surface area (Å²) in [5.41, 5.74) is 9.99. The van der Waals surface area contributed by atoms with E-state index in [2.05, 4.69) is 106 Å². The van der Waals surface area contributed by atoms with Crippen molar-refractivity contribution < 1.29 is 29.0 Å². The molecule has 11 bridgehead atoms. The van der Waals surface area contributed by atoms with Crippen LogP contribution in [-0.4, -0.2) is 109 Å². The SMILES string of the molecule is CCN[C@@]12C=C3C=CC[C@H]4CCCC[C@]5(C)CC6=CNC(N)C(=C6)CC[C@H]6[C@H](C1)[C@H](C[C@H](O)C61CCCC1)[C@H](OC(=O)[C@]16O[C@@]1(C/C=C(\C)C[C@]1(C7=CCNC8=C7CC[C@H](NC)N8)CCCNC(=NC)N1)C(=O)c1cccc(c1C6=O)C5)[C@@H]2C[C@@H]34. The lowest BCUT2D eigenvalue weighted by Crippen LogP contribution is -2.68. The lowest BCUT2D eigenvalue weighted by atomic mass is 9.45. The topological polar surface area (TPSA) is 216 Å². The number of dihydropyridines is 2. The largest absolute Gasteiger partial charge is 0.459 e. The van der Waals surface area contributed by atoms with Crippen LogP contribution in [-0.2, 0) is 20.7 Å². The van der Waals surface area contributed by atoms with Crippen molar-refractivity contribution in [3.63, 3.8) is 0 Å². The molecule has 7 heterocycles. The third-order valence-electron chi connectivity index (χ3n) is 24.3. The van der Waals surface area contributed by atoms with Crippen molar-refractivity contribution in [3.8, 4) is 0 Å². The normalized spacial score (nSPS) is 41.3. The van der Waals surface area contributed by atoms with Crippen LogP contribution >= 0.6 is 0 Å². The number of hydrogen-bond donors (Lipinski definition) is 9. The fourth-order valence-corrected chi connectivity index (χ4v) is 20.4. The molecule has 15 heteroatoms. The van der Waals surface area contributed by atoms with Crippen LogP contribution in [0.25, 0.3) is 0 Å². The molecule has 14 rings (SSSR count). The van der Waals surface area contributed by atoms with Crippen molar-refractivity contribution in [2.75, 3.05) is 33.7 Å². The number of epoxide rings is 1. The van der Waals surface area contributed by atoms with Crippen molar-refractivity contribution in [3.05, 3.63) is 117 Å². The molecule has 2 saturated heterocycles. The van der Waals surface area contributed by atoms with Gasteiger partial charge in [-0.05, 0) is 198 Å². The number of guanidine groups is 1. The Balaban J connectivity index is 0.924. The van der Waals surface area contributed by atoms with E-state index in [1.54, 1.807) is 6.07 Å². The van der Waals surface area contributed by atoms with Gasteiger partial charge in [-0.1, -0.05) is 99.8 Å². The van der Waals surface area contributed by atoms with Gasteiger partial charge in [0.05, 0.1) is 24.0 Å². The van der Waals surface area contributed by atoms with E-state index in [9.17, 15) is 5.11 Å². The second-order valence-corrected chi connectivity index (χ2v) is 29.0. The molecular weight excluding hydrogens is 1060 g/mol. The standard InChI is InChI=1S/C70H95N9O6/c1-6-77-68-38-45-16-11-15-43-14-7-8-25-65(3)36-42-32-44(61(71)76-40-42)19-21-52-51(39-68)50(34-55(80)66(52)26-9-10-27-66)58(54(68)33-49(43)45)84-63(83)70-60(82)57-46(37-65)17-12-18-48(57)59(81)69(70,85-70)29-23-41(2)35-67(28-13-30-75-64(73-5)79-67)53-24-31-74-62-47(53)20-22-56(72-4)78-62/h11-12,16-18,23-24,32,38,40,43,49-52,54-56,58,61,72,74,76-78,80H,6-10,13-15,19-22,25-31,33-37,39,71H2,1-5H3,(H2,73,75,79)/b41-23+/t43-,49-,50+,51-,52+,54+,55+,56-,58+,61?,65-,67+,68+,69+,70+/m1/s1. The molecular formula is C70H95N9O6. The van der Waals surface area contributed by atoms with E-state index in [-0.39, 0.29) is 65.0 Å². The number of nitrogens with one attached hydrogen (secondary N) is 7. The number of aliphatic hydroxyl groups is 1. The highest BCUT2D eigenvalue weighted by Gasteiger charge is 2.86. The summed E-state index contributed by atoms with van der Waals surface area (Å²) in [6, 6.07) is 5.73. The maximum Gasteiger partial charge on any atom is 0.350 e. The van der Waals surface area contributed by atoms with Gasteiger partial charge in [-0.15, -0.1) is 0 Å². The summed E-state index contributed by atoms with van der Waals surface area (Å²) in [5, 5.41) is 39.0. The number of fused-ring (bicyclic) bond motifs is 4. The molecule has 7 aliphatic heterocycles. The molecule has 15 nitrogen and oxygen atoms in total. The Morgan fingerprint density at radius 1 is 0.965 bits per heavy atom. The molecule has 2 spiro atoms. The Labute approximate surface area is 503 Å². The van der Waals surface area contributed by atoms with Crippen LogP contribution in [0.5, 0.6) is 0 Å². The van der Waals surface area contributed by atoms with Gasteiger partial charge in [-0.25, -0.2) is 4.79 Å². The molecule has 3 saturated carbocycles. The highest BCUT2D eigenvalue weighted by molar-refractivity contribution is 6.33. The average Bonchev–Trinajstić information content (AvgIpc) is 1.52. The van der Waals surface area contributed by atoms with E-state index in [0.29, 0.717) is 42.9 Å². The van der Waals surface area contributed by atoms with E-state index < -0.39 is 46.2 Å². The molecule has 10 N–H and O–H groups in total. The predicted molar refractivity (Wildman–Crippen MR) is 331 cm³/mol. The van der Waals surface area contributed by atoms with Crippen molar-refractivity contribution in [2.24, 2.45) is 57.1 Å². The van der Waals surface area contributed by atoms with Gasteiger partial charge in [-0.2, -0.15) is 0 Å². The molecule has 1 aromatic rings. The third-order valence-corrected chi connectivity index (χ3v) is 24.3. The number of aliphatic hydroxyl groups excluding tert-OH is 1. The van der Waals surface area contributed by atoms with Gasteiger partial charge in [-0.3, -0.25) is 14.6 Å². The fourth-order valence-electron chi connectivity index (χ4n) is 20.4. The van der Waals surface area contributed by atoms with Gasteiger partial charge in [0.2, 0.25) is 5.78 Å². The number of nitrogens with two attached hydrogens (primary N) is 1. The number of aliphatic imine (C=N–C) groups is 1. The number of ether oxygens (including phenoxy) is 2. The summed E-state index contributed by atoms with van der Waals surface area (Å²) < 4.78 is 14.5. The first-order valence-corrected chi connectivity index (χ1v) is 33.2. The molecule has 0 aromatic heterocycles. The Hall–Kier alpha value is -5.32. The Bertz CT molecular complexity index is 3170. The van der Waals surface area contributed by atoms with E-state index in [1.165, 1.54) is 27.9 Å². The maximum atomic E-state index is 16.7. The number of allylic oxidation sites excluding steroid dienone is 5. The van der Waals surface area contributed by atoms with E-state index >= 15 is 14.4 Å². The number of likely N-dealkylation sites (N-methyl/N-ethyl adjacent to an activating group) is 1. The van der Waals surface area contributed by atoms with Crippen molar-refractivity contribution in [1.82, 2.24) is 37.2 Å². The van der Waals surface area contributed by atoms with Gasteiger partial charge in [0, 0.05) is 61.3 Å². The summed E-state index contributed by atoms with van der Waals surface area (Å²) in [7, 11) is 3.81. The van der Waals surface area contributed by atoms with Crippen molar-refractivity contribution in [2.45, 2.75) is 209 Å². The minimum absolute atomic E-state index is 0.0217. The molecule has 1 aromatic carbocycles. The fraction of sp³-hybridized carbons (Fsp3) is 0.657. The number of nitrogens with zero attached hydrogens (tertiary/aromatic N) is 1. The predicted octanol–water partition coefficient (Wildman–Crippen LogP) is 8.65. The van der Waals surface area contributed by atoms with E-state index in [4.69, 9.17) is 15.2 Å². The Kier molecular flexibility index (Phi) is 14.7. The minimum Gasteiger partial charge on any atom is -0.459 e. The van der Waals surface area contributed by atoms with Crippen LogP contribution < -0.4 is 43.0 Å². The van der Waals surface area contributed by atoms with Gasteiger partial charge in [0.25, 0.3) is 5.60 Å². The number of carbonyl (C=O) groups excluding carboxylic acids is 3. The lowest BCUT2D eigenvalue weighted by molar-refractivity contribution is -0.197. The van der Waals surface area contributed by atoms with Crippen LogP contribution in [0.2, 0.25) is 0 Å². The number of ketones is 2. The molecule has 456 valence electrons. The molecule has 15 atom stereocenters. The van der Waals surface area contributed by atoms with Crippen molar-refractivity contribution >= 4 is 23.5 Å². The average molecular weight is 1160 g/mol. The molecule has 85 heavy (non-hydrogen) atoms. The zero-order valence-electron chi connectivity index (χ0n) is 51.2. The number of benzene rings is 1. The quantitative estimate of drug-likeness (QED) is 0.0516. The Morgan fingerprint density at radius 3 is 2.64 bits per heavy atom. The summed E-state index contributed by atoms with van der Waals surface area (Å²) in [4.78, 5) is 54.0. The van der Waals surface area contributed by atoms with Gasteiger partial charge < -0.3 is 57.5 Å². The van der Waals surface area contributed by atoms with Crippen LogP contribution in [0.4, 0.5) is 0 Å². The smallest absolute Gasteiger partial charge is 0.350 e. The monoisotopic (exact) mass is 1160 g/mol. The van der Waals surface area contributed by atoms with Crippen LogP contribution in [0.15, 0.2) is 105 Å². The highest BCUT2D eigenvalue weighted by atomic mass is 16.7. The molecule has 1 unspecified atom stereocenters. The van der Waals surface area contributed by atoms with Gasteiger partial charge in [0.15, 0.2) is 17.3 Å². The number of Topliss-reactive ketones (excluding diaryl/α,β-unsaturated/α-hetero) is 2. The van der Waals surface area contributed by atoms with Crippen LogP contribution in [0, 0.1) is 46.3 Å². The van der Waals surface area contributed by atoms with Crippen molar-refractivity contribution in [1.29, 1.82) is 0 Å². The first-order chi connectivity index (χ1) is 41.1. The number of hydrogen-bond acceptors (Lipinski definition) is 13. The Morgan fingerprint density at radius 2 is 1.81 bits per heavy atom. The molecule has 5 fully saturated rings. The van der Waals surface area contributed by atoms with Gasteiger partial charge >= 0.3 is 5.97 Å². The lowest BCUT2D eigenvalue weighted by Gasteiger charge is -2.63. The number of rotatable bonds is 8. The van der Waals surface area contributed by atoms with Gasteiger partial charge in [0.1, 0.15) is 11.9 Å². The number of carbonyl (C=O) groups is 3. The summed E-state index contributed by atoms with van der Waals surface area (Å²) in [6.45, 7) is 8.85. The molecule has 13 aliphatic rings. The maximum absolute atomic E-state index is 16.7. The van der Waals surface area contributed by atoms with Crippen LogP contribution in [0.1, 0.15) is 182 Å². The molecule has 0 amide bonds.